The molecule has 12 aromatic rings. The number of hydrogen-bond acceptors (Lipinski definition) is 2. The second kappa shape index (κ2) is 13.7. The maximum Gasteiger partial charge on any atom is 0.0546 e. The predicted octanol–water partition coefficient (Wildman–Crippen LogP) is 17.2. The summed E-state index contributed by atoms with van der Waals surface area (Å²) in [5.74, 6) is 0. The topological polar surface area (TPSA) is 6.48 Å². The Kier molecular flexibility index (Phi) is 7.64. The largest absolute Gasteiger partial charge is 0.310 e. The van der Waals surface area contributed by atoms with Crippen LogP contribution in [0.25, 0.3) is 86.9 Å². The van der Waals surface area contributed by atoms with Gasteiger partial charge in [0.15, 0.2) is 0 Å². The van der Waals surface area contributed by atoms with Gasteiger partial charge < -0.3 is 9.80 Å². The number of anilines is 6. The first-order valence-electron chi connectivity index (χ1n) is 21.4. The number of benzene rings is 12. The second-order valence-corrected chi connectivity index (χ2v) is 16.5. The van der Waals surface area contributed by atoms with E-state index in [1.165, 1.54) is 98.3 Å². The van der Waals surface area contributed by atoms with Crippen molar-refractivity contribution in [3.8, 4) is 22.3 Å². The normalized spacial score (nSPS) is 11.9. The molecule has 0 saturated heterocycles. The Morgan fingerprint density at radius 3 is 0.952 bits per heavy atom. The van der Waals surface area contributed by atoms with Crippen LogP contribution < -0.4 is 9.80 Å². The molecule has 0 atom stereocenters. The molecule has 2 heteroatoms. The van der Waals surface area contributed by atoms with Crippen LogP contribution in [0.1, 0.15) is 0 Å². The summed E-state index contributed by atoms with van der Waals surface area (Å²) in [6.07, 6.45) is 0. The van der Waals surface area contributed by atoms with Crippen LogP contribution in [0.15, 0.2) is 231 Å². The molecule has 0 fully saturated rings. The summed E-state index contributed by atoms with van der Waals surface area (Å²) in [5, 5.41) is 14.9. The lowest BCUT2D eigenvalue weighted by Gasteiger charge is -2.29. The van der Waals surface area contributed by atoms with E-state index in [2.05, 4.69) is 240 Å². The van der Waals surface area contributed by atoms with Crippen LogP contribution in [0, 0.1) is 0 Å². The van der Waals surface area contributed by atoms with Gasteiger partial charge in [0.05, 0.1) is 11.4 Å². The maximum atomic E-state index is 2.42. The highest BCUT2D eigenvalue weighted by atomic mass is 15.1. The van der Waals surface area contributed by atoms with Crippen LogP contribution in [-0.2, 0) is 0 Å². The minimum absolute atomic E-state index is 1.13. The van der Waals surface area contributed by atoms with E-state index in [1.54, 1.807) is 0 Å². The van der Waals surface area contributed by atoms with Gasteiger partial charge in [-0.1, -0.05) is 146 Å². The standard InChI is InChI=1S/C60H38N2/c1-3-17-45(18-4-1)61(59-37-41-15-7-9-21-49(41)51-23-11-13-25-53(51)59)47-29-27-39-33-55-56-34-40-28-30-48(32-44(40)36-58(56)57(55)35-43(39)31-47)62(46-19-5-2-6-20-46)60-38-42-16-8-10-22-50(42)52-24-12-14-26-54(52)60/h1-38H. The van der Waals surface area contributed by atoms with Crippen LogP contribution in [0.2, 0.25) is 0 Å². The fourth-order valence-corrected chi connectivity index (χ4v) is 10.1. The predicted molar refractivity (Wildman–Crippen MR) is 265 cm³/mol. The number of rotatable bonds is 6. The van der Waals surface area contributed by atoms with Crippen molar-refractivity contribution in [1.82, 2.24) is 0 Å². The molecule has 62 heavy (non-hydrogen) atoms. The molecular weight excluding hydrogens is 749 g/mol. The molecule has 0 heterocycles. The molecule has 0 N–H and O–H groups in total. The van der Waals surface area contributed by atoms with Crippen molar-refractivity contribution in [2.75, 3.05) is 9.80 Å². The van der Waals surface area contributed by atoms with Crippen LogP contribution in [0.5, 0.6) is 0 Å². The lowest BCUT2D eigenvalue weighted by atomic mass is 9.78. The Balaban J connectivity index is 0.942. The molecule has 0 aromatic heterocycles. The summed E-state index contributed by atoms with van der Waals surface area (Å²) >= 11 is 0. The van der Waals surface area contributed by atoms with Gasteiger partial charge in [-0.05, 0) is 161 Å². The highest BCUT2D eigenvalue weighted by Gasteiger charge is 2.26. The van der Waals surface area contributed by atoms with E-state index in [-0.39, 0.29) is 0 Å². The van der Waals surface area contributed by atoms with E-state index >= 15 is 0 Å². The zero-order chi connectivity index (χ0) is 40.7. The molecule has 1 aliphatic rings. The average Bonchev–Trinajstić information content (AvgIpc) is 3.34. The minimum Gasteiger partial charge on any atom is -0.310 e. The molecule has 0 radical (unpaired) electrons. The van der Waals surface area contributed by atoms with Crippen LogP contribution in [0.3, 0.4) is 0 Å². The SMILES string of the molecule is c1ccc(N(c2ccc3cc4c(cc3c2)-c2cc3cc(N(c5ccccc5)c5cc6ccccc6c6ccccc56)ccc3cc2-4)c2cc3ccccc3c3ccccc23)cc1. The van der Waals surface area contributed by atoms with Gasteiger partial charge in [0.25, 0.3) is 0 Å². The van der Waals surface area contributed by atoms with Crippen molar-refractivity contribution in [3.05, 3.63) is 231 Å². The zero-order valence-electron chi connectivity index (χ0n) is 33.8. The summed E-state index contributed by atoms with van der Waals surface area (Å²) in [5.41, 5.74) is 12.1. The fourth-order valence-electron chi connectivity index (χ4n) is 10.1. The van der Waals surface area contributed by atoms with Crippen molar-refractivity contribution >= 4 is 98.8 Å². The summed E-state index contributed by atoms with van der Waals surface area (Å²) in [7, 11) is 0. The van der Waals surface area contributed by atoms with Crippen molar-refractivity contribution in [2.45, 2.75) is 0 Å². The van der Waals surface area contributed by atoms with E-state index in [0.717, 1.165) is 22.7 Å². The first-order chi connectivity index (χ1) is 30.7. The van der Waals surface area contributed by atoms with E-state index in [1.807, 2.05) is 0 Å². The quantitative estimate of drug-likeness (QED) is 0.155. The zero-order valence-corrected chi connectivity index (χ0v) is 33.8. The monoisotopic (exact) mass is 786 g/mol. The fraction of sp³-hybridized carbons (Fsp3) is 0. The first-order valence-corrected chi connectivity index (χ1v) is 21.4. The van der Waals surface area contributed by atoms with E-state index in [9.17, 15) is 0 Å². The van der Waals surface area contributed by atoms with Gasteiger partial charge in [-0.25, -0.2) is 0 Å². The molecule has 12 aromatic carbocycles. The average molecular weight is 787 g/mol. The lowest BCUT2D eigenvalue weighted by Crippen LogP contribution is -2.11. The van der Waals surface area contributed by atoms with E-state index in [4.69, 9.17) is 0 Å². The molecule has 1 aliphatic carbocycles. The molecular formula is C60H38N2. The number of para-hydroxylation sites is 2. The van der Waals surface area contributed by atoms with Crippen LogP contribution >= 0.6 is 0 Å². The lowest BCUT2D eigenvalue weighted by molar-refractivity contribution is 1.31. The van der Waals surface area contributed by atoms with Gasteiger partial charge >= 0.3 is 0 Å². The molecule has 0 bridgehead atoms. The Hall–Kier alpha value is -8.20. The number of nitrogens with zero attached hydrogens (tertiary/aromatic N) is 2. The molecule has 2 nitrogen and oxygen atoms in total. The van der Waals surface area contributed by atoms with Gasteiger partial charge in [0, 0.05) is 33.5 Å². The molecule has 288 valence electrons. The third-order valence-electron chi connectivity index (χ3n) is 13.0. The van der Waals surface area contributed by atoms with E-state index in [0.29, 0.717) is 0 Å². The van der Waals surface area contributed by atoms with Gasteiger partial charge in [0.2, 0.25) is 0 Å². The van der Waals surface area contributed by atoms with Crippen molar-refractivity contribution in [1.29, 1.82) is 0 Å². The van der Waals surface area contributed by atoms with Crippen LogP contribution in [0.4, 0.5) is 34.1 Å². The second-order valence-electron chi connectivity index (χ2n) is 16.5. The third kappa shape index (κ3) is 5.37. The third-order valence-corrected chi connectivity index (χ3v) is 13.0. The Morgan fingerprint density at radius 1 is 0.194 bits per heavy atom. The van der Waals surface area contributed by atoms with Gasteiger partial charge in [-0.2, -0.15) is 0 Å². The Labute approximate surface area is 359 Å². The van der Waals surface area contributed by atoms with Crippen molar-refractivity contribution < 1.29 is 0 Å². The smallest absolute Gasteiger partial charge is 0.0546 e. The number of hydrogen-bond donors (Lipinski definition) is 0. The van der Waals surface area contributed by atoms with Gasteiger partial charge in [-0.15, -0.1) is 0 Å². The Morgan fingerprint density at radius 2 is 0.532 bits per heavy atom. The minimum atomic E-state index is 1.13. The van der Waals surface area contributed by atoms with Gasteiger partial charge in [0.1, 0.15) is 0 Å². The molecule has 0 saturated carbocycles. The summed E-state index contributed by atoms with van der Waals surface area (Å²) in [6.45, 7) is 0. The number of fused-ring (bicyclic) bond motifs is 12. The molecule has 0 unspecified atom stereocenters. The van der Waals surface area contributed by atoms with E-state index < -0.39 is 0 Å². The first kappa shape index (κ1) is 34.6. The maximum absolute atomic E-state index is 2.42. The van der Waals surface area contributed by atoms with Crippen LogP contribution in [-0.4, -0.2) is 0 Å². The molecule has 0 spiro atoms. The molecule has 0 aliphatic heterocycles. The van der Waals surface area contributed by atoms with Crippen molar-refractivity contribution in [3.63, 3.8) is 0 Å². The highest BCUT2D eigenvalue weighted by Crippen LogP contribution is 2.52. The van der Waals surface area contributed by atoms with Gasteiger partial charge in [-0.3, -0.25) is 0 Å². The molecule has 0 amide bonds. The highest BCUT2D eigenvalue weighted by molar-refractivity contribution is 6.17. The molecule has 13 rings (SSSR count). The Bertz CT molecular complexity index is 3510. The summed E-state index contributed by atoms with van der Waals surface area (Å²) in [4.78, 5) is 4.85. The summed E-state index contributed by atoms with van der Waals surface area (Å²) in [6, 6.07) is 84.8. The summed E-state index contributed by atoms with van der Waals surface area (Å²) < 4.78 is 0. The van der Waals surface area contributed by atoms with Crippen molar-refractivity contribution in [2.24, 2.45) is 0 Å².